The third-order valence-electron chi connectivity index (χ3n) is 1.64. The molecular weight excluding hydrogens is 180 g/mol. The first-order chi connectivity index (χ1) is 6.41. The predicted molar refractivity (Wildman–Crippen MR) is 52.0 cm³/mol. The maximum Gasteiger partial charge on any atom is 0.308 e. The summed E-state index contributed by atoms with van der Waals surface area (Å²) in [7, 11) is 0. The quantitative estimate of drug-likeness (QED) is 0.638. The van der Waals surface area contributed by atoms with Crippen molar-refractivity contribution >= 4 is 5.97 Å². The number of hydrogen-bond donors (Lipinski definition) is 0. The van der Waals surface area contributed by atoms with Crippen molar-refractivity contribution in [3.05, 3.63) is 18.2 Å². The van der Waals surface area contributed by atoms with Gasteiger partial charge in [-0.15, -0.1) is 0 Å². The van der Waals surface area contributed by atoms with Gasteiger partial charge in [-0.05, 0) is 0 Å². The van der Waals surface area contributed by atoms with Crippen molar-refractivity contribution in [1.82, 2.24) is 9.97 Å². The zero-order chi connectivity index (χ0) is 10.8. The number of aromatic nitrogens is 2. The highest BCUT2D eigenvalue weighted by molar-refractivity contribution is 5.69. The van der Waals surface area contributed by atoms with Crippen LogP contribution in [0, 0.1) is 0 Å². The van der Waals surface area contributed by atoms with Crippen LogP contribution in [0.2, 0.25) is 0 Å². The number of nitrogens with zero attached hydrogens (tertiary/aromatic N) is 2. The number of ether oxygens (including phenoxy) is 1. The highest BCUT2D eigenvalue weighted by atomic mass is 16.5. The number of carbonyl (C=O) groups excluding carboxylic acids is 1. The molecule has 0 amide bonds. The topological polar surface area (TPSA) is 52.1 Å². The molecule has 76 valence electrons. The summed E-state index contributed by atoms with van der Waals surface area (Å²) in [5.74, 6) is 0.0813. The highest BCUT2D eigenvalue weighted by Gasteiger charge is 2.21. The zero-order valence-corrected chi connectivity index (χ0v) is 8.87. The fourth-order valence-corrected chi connectivity index (χ4v) is 1.11. The van der Waals surface area contributed by atoms with E-state index < -0.39 is 0 Å². The Hall–Kier alpha value is -1.45. The van der Waals surface area contributed by atoms with E-state index in [-0.39, 0.29) is 11.4 Å². The van der Waals surface area contributed by atoms with Gasteiger partial charge in [-0.3, -0.25) is 4.79 Å². The third kappa shape index (κ3) is 2.52. The smallest absolute Gasteiger partial charge is 0.308 e. The molecule has 0 atom stereocenters. The molecule has 0 aromatic carbocycles. The molecule has 1 heterocycles. The van der Waals surface area contributed by atoms with Crippen LogP contribution >= 0.6 is 0 Å². The molecule has 0 saturated heterocycles. The Morgan fingerprint density at radius 1 is 1.43 bits per heavy atom. The van der Waals surface area contributed by atoms with Gasteiger partial charge < -0.3 is 4.74 Å². The Labute approximate surface area is 83.3 Å². The van der Waals surface area contributed by atoms with E-state index in [4.69, 9.17) is 4.74 Å². The molecule has 0 radical (unpaired) electrons. The molecular formula is C10H14N2O2. The Balaban J connectivity index is 3.10. The van der Waals surface area contributed by atoms with Crippen LogP contribution in [-0.4, -0.2) is 15.9 Å². The predicted octanol–water partition coefficient (Wildman–Crippen LogP) is 1.70. The summed E-state index contributed by atoms with van der Waals surface area (Å²) >= 11 is 0. The van der Waals surface area contributed by atoms with Crippen LogP contribution in [0.4, 0.5) is 0 Å². The first kappa shape index (κ1) is 10.6. The minimum Gasteiger partial charge on any atom is -0.423 e. The molecule has 0 bridgehead atoms. The third-order valence-corrected chi connectivity index (χ3v) is 1.64. The van der Waals surface area contributed by atoms with Gasteiger partial charge in [0.15, 0.2) is 5.75 Å². The molecule has 1 aromatic heterocycles. The van der Waals surface area contributed by atoms with Gasteiger partial charge in [-0.25, -0.2) is 9.97 Å². The summed E-state index contributed by atoms with van der Waals surface area (Å²) in [5.41, 5.74) is 0.580. The van der Waals surface area contributed by atoms with Gasteiger partial charge in [-0.2, -0.15) is 0 Å². The fourth-order valence-electron chi connectivity index (χ4n) is 1.11. The van der Waals surface area contributed by atoms with Crippen LogP contribution in [-0.2, 0) is 10.2 Å². The first-order valence-corrected chi connectivity index (χ1v) is 4.40. The Kier molecular flexibility index (Phi) is 2.84. The normalized spacial score (nSPS) is 11.1. The molecule has 14 heavy (non-hydrogen) atoms. The second-order valence-corrected chi connectivity index (χ2v) is 4.08. The number of rotatable bonds is 1. The largest absolute Gasteiger partial charge is 0.423 e. The average molecular weight is 194 g/mol. The van der Waals surface area contributed by atoms with Gasteiger partial charge in [-0.1, -0.05) is 20.8 Å². The van der Waals surface area contributed by atoms with Crippen molar-refractivity contribution < 1.29 is 9.53 Å². The van der Waals surface area contributed by atoms with E-state index >= 15 is 0 Å². The molecule has 4 heteroatoms. The summed E-state index contributed by atoms with van der Waals surface area (Å²) in [4.78, 5) is 18.8. The van der Waals surface area contributed by atoms with Crippen LogP contribution < -0.4 is 4.74 Å². The monoisotopic (exact) mass is 194 g/mol. The van der Waals surface area contributed by atoms with Gasteiger partial charge >= 0.3 is 5.97 Å². The SMILES string of the molecule is CC(=O)Oc1cncnc1C(C)(C)C. The maximum atomic E-state index is 10.8. The van der Waals surface area contributed by atoms with Crippen molar-refractivity contribution in [2.75, 3.05) is 0 Å². The molecule has 1 aromatic rings. The lowest BCUT2D eigenvalue weighted by atomic mass is 9.91. The number of hydrogen-bond acceptors (Lipinski definition) is 4. The lowest BCUT2D eigenvalue weighted by Crippen LogP contribution is -2.17. The fraction of sp³-hybridized carbons (Fsp3) is 0.500. The Morgan fingerprint density at radius 3 is 2.57 bits per heavy atom. The van der Waals surface area contributed by atoms with Crippen LogP contribution in [0.5, 0.6) is 5.75 Å². The molecule has 0 saturated carbocycles. The maximum absolute atomic E-state index is 10.8. The first-order valence-electron chi connectivity index (χ1n) is 4.40. The van der Waals surface area contributed by atoms with E-state index in [1.807, 2.05) is 20.8 Å². The van der Waals surface area contributed by atoms with Gasteiger partial charge in [0, 0.05) is 12.3 Å². The van der Waals surface area contributed by atoms with E-state index in [2.05, 4.69) is 9.97 Å². The summed E-state index contributed by atoms with van der Waals surface area (Å²) in [6.07, 6.45) is 2.96. The minimum atomic E-state index is -0.356. The van der Waals surface area contributed by atoms with E-state index in [0.717, 1.165) is 5.69 Å². The van der Waals surface area contributed by atoms with Crippen LogP contribution in [0.15, 0.2) is 12.5 Å². The molecule has 4 nitrogen and oxygen atoms in total. The van der Waals surface area contributed by atoms with Crippen molar-refractivity contribution in [3.8, 4) is 5.75 Å². The summed E-state index contributed by atoms with van der Waals surface area (Å²) in [6, 6.07) is 0. The molecule has 0 aliphatic heterocycles. The molecule has 0 unspecified atom stereocenters. The molecule has 0 fully saturated rings. The summed E-state index contributed by atoms with van der Waals surface area (Å²) in [5, 5.41) is 0. The molecule has 0 aliphatic carbocycles. The average Bonchev–Trinajstić information content (AvgIpc) is 2.01. The summed E-state index contributed by atoms with van der Waals surface area (Å²) in [6.45, 7) is 7.37. The van der Waals surface area contributed by atoms with Crippen LogP contribution in [0.1, 0.15) is 33.4 Å². The zero-order valence-electron chi connectivity index (χ0n) is 8.87. The van der Waals surface area contributed by atoms with Crippen LogP contribution in [0.3, 0.4) is 0 Å². The second-order valence-electron chi connectivity index (χ2n) is 4.08. The Morgan fingerprint density at radius 2 is 2.07 bits per heavy atom. The summed E-state index contributed by atoms with van der Waals surface area (Å²) < 4.78 is 5.01. The van der Waals surface area contributed by atoms with Crippen molar-refractivity contribution in [3.63, 3.8) is 0 Å². The lowest BCUT2D eigenvalue weighted by Gasteiger charge is -2.19. The molecule has 1 rings (SSSR count). The van der Waals surface area contributed by atoms with E-state index in [1.165, 1.54) is 19.4 Å². The molecule has 0 N–H and O–H groups in total. The Bertz CT molecular complexity index is 342. The molecule has 0 aliphatic rings. The second kappa shape index (κ2) is 3.74. The molecule has 0 spiro atoms. The van der Waals surface area contributed by atoms with E-state index in [1.54, 1.807) is 0 Å². The highest BCUT2D eigenvalue weighted by Crippen LogP contribution is 2.27. The van der Waals surface area contributed by atoms with Crippen molar-refractivity contribution in [2.45, 2.75) is 33.1 Å². The lowest BCUT2D eigenvalue weighted by molar-refractivity contribution is -0.132. The van der Waals surface area contributed by atoms with Gasteiger partial charge in [0.25, 0.3) is 0 Å². The van der Waals surface area contributed by atoms with Crippen molar-refractivity contribution in [2.24, 2.45) is 0 Å². The van der Waals surface area contributed by atoms with Crippen molar-refractivity contribution in [1.29, 1.82) is 0 Å². The number of carbonyl (C=O) groups is 1. The van der Waals surface area contributed by atoms with E-state index in [0.29, 0.717) is 5.75 Å². The van der Waals surface area contributed by atoms with Gasteiger partial charge in [0.05, 0.1) is 11.9 Å². The standard InChI is InChI=1S/C10H14N2O2/c1-7(13)14-8-5-11-6-12-9(8)10(2,3)4/h5-6H,1-4H3. The van der Waals surface area contributed by atoms with Crippen LogP contribution in [0.25, 0.3) is 0 Å². The van der Waals surface area contributed by atoms with E-state index in [9.17, 15) is 4.79 Å². The number of esters is 1. The van der Waals surface area contributed by atoms with Gasteiger partial charge in [0.2, 0.25) is 0 Å². The van der Waals surface area contributed by atoms with Gasteiger partial charge in [0.1, 0.15) is 6.33 Å². The minimum absolute atomic E-state index is 0.159.